The van der Waals surface area contributed by atoms with Gasteiger partial charge < -0.3 is 24.8 Å². The molecule has 2 aromatic carbocycles. The third-order valence-corrected chi connectivity index (χ3v) is 21.7. The standard InChI is InChI=1S/C14H11.C5H5.C2H6Si.2ClH.Zr/c1-10-6-7-12-9-11-4-2-3-5-13(11)14(12)8-10;1-2-4-5-3-1;1-3-2;;;/h2-6,8H,9H2,1H3;1-3H,4H2;1-2H3;2*1H;/q;;;;;+2/p-2. The van der Waals surface area contributed by atoms with Gasteiger partial charge in [-0.05, 0) is 0 Å². The number of benzene rings is 2. The van der Waals surface area contributed by atoms with Gasteiger partial charge in [-0.25, -0.2) is 0 Å². The van der Waals surface area contributed by atoms with E-state index in [4.69, 9.17) is 0 Å². The Labute approximate surface area is 171 Å². The average Bonchev–Trinajstić information content (AvgIpc) is 3.15. The molecule has 0 saturated carbocycles. The molecule has 0 aliphatic heterocycles. The van der Waals surface area contributed by atoms with Gasteiger partial charge >= 0.3 is 148 Å². The van der Waals surface area contributed by atoms with Gasteiger partial charge in [0, 0.05) is 0 Å². The van der Waals surface area contributed by atoms with Crippen LogP contribution in [0.25, 0.3) is 11.1 Å². The van der Waals surface area contributed by atoms with E-state index in [1.54, 1.807) is 8.83 Å². The van der Waals surface area contributed by atoms with E-state index in [0.29, 0.717) is 0 Å². The number of hydrogen-bond acceptors (Lipinski definition) is 0. The normalized spacial score (nSPS) is 13.0. The summed E-state index contributed by atoms with van der Waals surface area (Å²) in [6.07, 6.45) is 9.46. The van der Waals surface area contributed by atoms with Gasteiger partial charge in [0.05, 0.1) is 0 Å². The molecule has 0 unspecified atom stereocenters. The number of hydrogen-bond donors (Lipinski definition) is 0. The third kappa shape index (κ3) is 3.83. The van der Waals surface area contributed by atoms with Crippen molar-refractivity contribution in [2.75, 3.05) is 0 Å². The Morgan fingerprint density at radius 1 is 1.00 bits per heavy atom. The number of halogens is 2. The van der Waals surface area contributed by atoms with Crippen LogP contribution in [0.1, 0.15) is 23.1 Å². The predicted molar refractivity (Wildman–Crippen MR) is 98.4 cm³/mol. The van der Waals surface area contributed by atoms with E-state index in [9.17, 15) is 0 Å². The molecule has 0 fully saturated rings. The summed E-state index contributed by atoms with van der Waals surface area (Å²) in [5, 5.41) is 0. The van der Waals surface area contributed by atoms with Gasteiger partial charge in [0.2, 0.25) is 0 Å². The predicted octanol–water partition coefficient (Wildman–Crippen LogP) is -1.09. The monoisotopic (exact) mass is 462 g/mol. The molecule has 2 aliphatic carbocycles. The molecule has 0 aromatic heterocycles. The summed E-state index contributed by atoms with van der Waals surface area (Å²) in [5.74, 6) is 0. The van der Waals surface area contributed by atoms with Crippen LogP contribution in [-0.2, 0) is 26.8 Å². The molecule has 0 atom stereocenters. The van der Waals surface area contributed by atoms with Gasteiger partial charge in [-0.15, -0.1) is 0 Å². The second-order valence-corrected chi connectivity index (χ2v) is 24.0. The fraction of sp³-hybridized carbons (Fsp3) is 0.238. The minimum absolute atomic E-state index is 0. The van der Waals surface area contributed by atoms with E-state index in [2.05, 4.69) is 74.6 Å². The van der Waals surface area contributed by atoms with Crippen molar-refractivity contribution in [3.63, 3.8) is 0 Å². The molecule has 0 nitrogen and oxygen atoms in total. The molecule has 4 heteroatoms. The first kappa shape index (κ1) is 20.9. The van der Waals surface area contributed by atoms with Crippen LogP contribution >= 0.6 is 0 Å². The molecule has 2 aliphatic rings. The Balaban J connectivity index is 0.00000113. The molecule has 25 heavy (non-hydrogen) atoms. The minimum atomic E-state index is -1.71. The quantitative estimate of drug-likeness (QED) is 0.423. The third-order valence-electron chi connectivity index (χ3n) is 4.93. The molecule has 0 heterocycles. The molecule has 128 valence electrons. The van der Waals surface area contributed by atoms with Gasteiger partial charge in [0.1, 0.15) is 0 Å². The van der Waals surface area contributed by atoms with Crippen LogP contribution in [-0.4, -0.2) is 5.43 Å². The van der Waals surface area contributed by atoms with Crippen molar-refractivity contribution in [3.8, 4) is 11.1 Å². The zero-order chi connectivity index (χ0) is 16.0. The Kier molecular flexibility index (Phi) is 7.13. The van der Waals surface area contributed by atoms with Gasteiger partial charge in [0.15, 0.2) is 0 Å². The zero-order valence-corrected chi connectivity index (χ0v) is 19.8. The first-order valence-electron chi connectivity index (χ1n) is 8.41. The maximum Gasteiger partial charge on any atom is -1.00 e. The van der Waals surface area contributed by atoms with E-state index >= 15 is 0 Å². The Morgan fingerprint density at radius 2 is 1.76 bits per heavy atom. The van der Waals surface area contributed by atoms with Crippen molar-refractivity contribution in [1.29, 1.82) is 0 Å². The first-order valence-corrected chi connectivity index (χ1v) is 17.1. The summed E-state index contributed by atoms with van der Waals surface area (Å²) in [4.78, 5) is 0. The molecule has 0 bridgehead atoms. The van der Waals surface area contributed by atoms with Crippen LogP contribution in [0, 0.1) is 6.92 Å². The van der Waals surface area contributed by atoms with E-state index in [0.717, 1.165) is 6.42 Å². The second kappa shape index (κ2) is 8.53. The summed E-state index contributed by atoms with van der Waals surface area (Å²) in [5.41, 5.74) is 7.41. The van der Waals surface area contributed by atoms with Crippen molar-refractivity contribution in [3.05, 3.63) is 74.6 Å². The molecule has 0 saturated heterocycles. The maximum absolute atomic E-state index is 2.55. The molecule has 4 rings (SSSR count). The molecular formula is C21H22Cl2SiZr. The number of fused-ring (bicyclic) bond motifs is 3. The van der Waals surface area contributed by atoms with Crippen LogP contribution < -0.4 is 28.1 Å². The van der Waals surface area contributed by atoms with Crippen molar-refractivity contribution < 1.29 is 45.2 Å². The van der Waals surface area contributed by atoms with Crippen molar-refractivity contribution in [2.45, 2.75) is 32.9 Å². The largest absolute Gasteiger partial charge is 1.00 e. The van der Waals surface area contributed by atoms with E-state index < -0.39 is 20.4 Å². The summed E-state index contributed by atoms with van der Waals surface area (Å²) in [6.45, 7) is 7.38. The SMILES string of the molecule is Cc1cc2c([c]([Zr+2]([C]3=CC=CC3)=[Si](C)C)c1)Cc1ccccc1-2.[Cl-].[Cl-]. The summed E-state index contributed by atoms with van der Waals surface area (Å²) >= 11 is -1.71. The first-order chi connectivity index (χ1) is 11.1. The summed E-state index contributed by atoms with van der Waals surface area (Å²) < 4.78 is 3.61. The topological polar surface area (TPSA) is 0 Å². The van der Waals surface area contributed by atoms with Gasteiger partial charge in [-0.3, -0.25) is 0 Å². The fourth-order valence-corrected chi connectivity index (χ4v) is 20.8. The Bertz CT molecular complexity index is 906. The zero-order valence-electron chi connectivity index (χ0n) is 14.9. The number of allylic oxidation sites excluding steroid dienone is 4. The maximum atomic E-state index is 2.55. The van der Waals surface area contributed by atoms with Gasteiger partial charge in [0.25, 0.3) is 0 Å². The Hall–Kier alpha value is -0.400. The molecule has 0 spiro atoms. The molecule has 0 radical (unpaired) electrons. The number of rotatable bonds is 2. The Morgan fingerprint density at radius 3 is 2.44 bits per heavy atom. The second-order valence-electron chi connectivity index (χ2n) is 6.87. The van der Waals surface area contributed by atoms with Crippen LogP contribution in [0.5, 0.6) is 0 Å². The van der Waals surface area contributed by atoms with Crippen LogP contribution in [0.4, 0.5) is 0 Å². The van der Waals surface area contributed by atoms with Crippen LogP contribution in [0.3, 0.4) is 0 Å². The molecular weight excluding hydrogens is 442 g/mol. The van der Waals surface area contributed by atoms with Gasteiger partial charge in [-0.1, -0.05) is 0 Å². The molecule has 2 aromatic rings. The summed E-state index contributed by atoms with van der Waals surface area (Å²) in [7, 11) is 0. The van der Waals surface area contributed by atoms with Crippen molar-refractivity contribution in [2.24, 2.45) is 0 Å². The average molecular weight is 465 g/mol. The van der Waals surface area contributed by atoms with Crippen molar-refractivity contribution >= 4 is 8.70 Å². The fourth-order valence-electron chi connectivity index (χ4n) is 3.99. The molecule has 0 amide bonds. The molecule has 0 N–H and O–H groups in total. The number of aryl methyl sites for hydroxylation is 1. The van der Waals surface area contributed by atoms with Crippen LogP contribution in [0.15, 0.2) is 57.9 Å². The van der Waals surface area contributed by atoms with E-state index in [-0.39, 0.29) is 30.2 Å². The summed E-state index contributed by atoms with van der Waals surface area (Å²) in [6, 6.07) is 14.0. The smallest absolute Gasteiger partial charge is 1.00 e. The van der Waals surface area contributed by atoms with Gasteiger partial charge in [-0.2, -0.15) is 0 Å². The minimum Gasteiger partial charge on any atom is -1.00 e. The van der Waals surface area contributed by atoms with E-state index in [1.807, 2.05) is 3.28 Å². The van der Waals surface area contributed by atoms with Crippen molar-refractivity contribution in [1.82, 2.24) is 0 Å². The van der Waals surface area contributed by atoms with E-state index in [1.165, 1.54) is 28.7 Å². The van der Waals surface area contributed by atoms with Crippen LogP contribution in [0.2, 0.25) is 13.1 Å².